The second kappa shape index (κ2) is 7.91. The van der Waals surface area contributed by atoms with E-state index in [9.17, 15) is 9.90 Å². The number of aliphatic hydroxyl groups excluding tert-OH is 1. The molecule has 0 bridgehead atoms. The fourth-order valence-corrected chi connectivity index (χ4v) is 4.82. The molecule has 4 rings (SSSR count). The molecule has 1 aromatic heterocycles. The first-order valence-electron chi connectivity index (χ1n) is 9.52. The highest BCUT2D eigenvalue weighted by atomic mass is 32.1. The Morgan fingerprint density at radius 1 is 1.12 bits per heavy atom. The van der Waals surface area contributed by atoms with Crippen LogP contribution in [0.1, 0.15) is 47.0 Å². The highest BCUT2D eigenvalue weighted by Crippen LogP contribution is 2.38. The molecule has 0 unspecified atom stereocenters. The van der Waals surface area contributed by atoms with Crippen molar-refractivity contribution in [2.45, 2.75) is 43.9 Å². The lowest BCUT2D eigenvalue weighted by molar-refractivity contribution is 0.0196. The highest BCUT2D eigenvalue weighted by molar-refractivity contribution is 7.12. The van der Waals surface area contributed by atoms with Crippen molar-refractivity contribution in [1.82, 2.24) is 10.2 Å². The van der Waals surface area contributed by atoms with Gasteiger partial charge in [-0.3, -0.25) is 4.79 Å². The third-order valence-corrected chi connectivity index (χ3v) is 6.57. The average molecular weight is 371 g/mol. The van der Waals surface area contributed by atoms with Crippen LogP contribution in [0.25, 0.3) is 0 Å². The number of benzene rings is 1. The van der Waals surface area contributed by atoms with Gasteiger partial charge in [-0.15, -0.1) is 11.3 Å². The van der Waals surface area contributed by atoms with Crippen LogP contribution in [0.2, 0.25) is 0 Å². The Bertz CT molecular complexity index is 705. The molecule has 1 saturated heterocycles. The zero-order valence-electron chi connectivity index (χ0n) is 14.9. The monoisotopic (exact) mass is 370 g/mol. The maximum absolute atomic E-state index is 12.5. The summed E-state index contributed by atoms with van der Waals surface area (Å²) >= 11 is 1.52. The Morgan fingerprint density at radius 2 is 1.85 bits per heavy atom. The van der Waals surface area contributed by atoms with E-state index < -0.39 is 0 Å². The predicted molar refractivity (Wildman–Crippen MR) is 104 cm³/mol. The molecule has 2 aliphatic rings. The number of rotatable bonds is 5. The molecule has 1 aliphatic heterocycles. The fourth-order valence-electron chi connectivity index (χ4n) is 4.13. The summed E-state index contributed by atoms with van der Waals surface area (Å²) in [5.74, 6) is 0.665. The number of carbonyl (C=O) groups excluding carboxylic acids is 1. The summed E-state index contributed by atoms with van der Waals surface area (Å²) in [4.78, 5) is 15.3. The minimum atomic E-state index is -0.140. The van der Waals surface area contributed by atoms with E-state index in [0.29, 0.717) is 18.0 Å². The lowest BCUT2D eigenvalue weighted by Crippen LogP contribution is -2.48. The van der Waals surface area contributed by atoms with Crippen molar-refractivity contribution in [3.05, 3.63) is 58.3 Å². The van der Waals surface area contributed by atoms with Gasteiger partial charge in [0, 0.05) is 25.2 Å². The standard InChI is InChI=1S/C21H26N2O2S/c24-18-13-16(14-18)20(15-5-2-1-3-6-15)22-17-8-10-23(11-9-17)21(25)19-7-4-12-26-19/h1-7,12,16-18,20,22,24H,8-11,13-14H2/t16?,18?,20-/m1/s1. The number of likely N-dealkylation sites (tertiary alicyclic amines) is 1. The Balaban J connectivity index is 1.36. The molecular formula is C21H26N2O2S. The van der Waals surface area contributed by atoms with E-state index in [1.54, 1.807) is 0 Å². The van der Waals surface area contributed by atoms with Crippen molar-refractivity contribution in [1.29, 1.82) is 0 Å². The van der Waals surface area contributed by atoms with Crippen LogP contribution >= 0.6 is 11.3 Å². The average Bonchev–Trinajstić information content (AvgIpc) is 3.19. The number of carbonyl (C=O) groups is 1. The van der Waals surface area contributed by atoms with E-state index in [1.165, 1.54) is 16.9 Å². The number of amides is 1. The van der Waals surface area contributed by atoms with Crippen LogP contribution < -0.4 is 5.32 Å². The molecular weight excluding hydrogens is 344 g/mol. The molecule has 1 saturated carbocycles. The number of thiophene rings is 1. The zero-order valence-corrected chi connectivity index (χ0v) is 15.7. The first-order chi connectivity index (χ1) is 12.7. The van der Waals surface area contributed by atoms with E-state index >= 15 is 0 Å². The molecule has 4 nitrogen and oxygen atoms in total. The van der Waals surface area contributed by atoms with Crippen molar-refractivity contribution < 1.29 is 9.90 Å². The third-order valence-electron chi connectivity index (χ3n) is 5.71. The van der Waals surface area contributed by atoms with Crippen LogP contribution in [0.4, 0.5) is 0 Å². The summed E-state index contributed by atoms with van der Waals surface area (Å²) in [6.07, 6.45) is 3.58. The maximum atomic E-state index is 12.5. The maximum Gasteiger partial charge on any atom is 0.263 e. The number of piperidine rings is 1. The normalized spacial score (nSPS) is 24.9. The summed E-state index contributed by atoms with van der Waals surface area (Å²) in [6, 6.07) is 15.1. The topological polar surface area (TPSA) is 52.6 Å². The van der Waals surface area contributed by atoms with Crippen molar-refractivity contribution in [2.75, 3.05) is 13.1 Å². The molecule has 1 atom stereocenters. The summed E-state index contributed by atoms with van der Waals surface area (Å²) < 4.78 is 0. The van der Waals surface area contributed by atoms with Gasteiger partial charge in [-0.25, -0.2) is 0 Å². The lowest BCUT2D eigenvalue weighted by atomic mass is 9.74. The molecule has 2 heterocycles. The molecule has 5 heteroatoms. The van der Waals surface area contributed by atoms with E-state index in [0.717, 1.165) is 43.6 Å². The quantitative estimate of drug-likeness (QED) is 0.848. The molecule has 26 heavy (non-hydrogen) atoms. The van der Waals surface area contributed by atoms with Gasteiger partial charge in [0.25, 0.3) is 5.91 Å². The van der Waals surface area contributed by atoms with Crippen LogP contribution in [0.5, 0.6) is 0 Å². The summed E-state index contributed by atoms with van der Waals surface area (Å²) in [7, 11) is 0. The SMILES string of the molecule is O=C(c1cccs1)N1CCC(N[C@H](c2ccccc2)C2CC(O)C2)CC1. The first-order valence-corrected chi connectivity index (χ1v) is 10.4. The van der Waals surface area contributed by atoms with Gasteiger partial charge in [0.2, 0.25) is 0 Å². The van der Waals surface area contributed by atoms with E-state index in [4.69, 9.17) is 0 Å². The van der Waals surface area contributed by atoms with Gasteiger partial charge in [-0.1, -0.05) is 36.4 Å². The van der Waals surface area contributed by atoms with Gasteiger partial charge in [0.15, 0.2) is 0 Å². The molecule has 138 valence electrons. The second-order valence-corrected chi connectivity index (χ2v) is 8.43. The van der Waals surface area contributed by atoms with Gasteiger partial charge in [-0.05, 0) is 48.6 Å². The predicted octanol–water partition coefficient (Wildman–Crippen LogP) is 3.45. The molecule has 1 aromatic carbocycles. The molecule has 1 aliphatic carbocycles. The lowest BCUT2D eigenvalue weighted by Gasteiger charge is -2.42. The molecule has 1 amide bonds. The third kappa shape index (κ3) is 3.85. The second-order valence-electron chi connectivity index (χ2n) is 7.48. The largest absolute Gasteiger partial charge is 0.393 e. The zero-order chi connectivity index (χ0) is 17.9. The van der Waals surface area contributed by atoms with Crippen molar-refractivity contribution in [3.63, 3.8) is 0 Å². The van der Waals surface area contributed by atoms with Crippen LogP contribution in [0.3, 0.4) is 0 Å². The Morgan fingerprint density at radius 3 is 2.46 bits per heavy atom. The first kappa shape index (κ1) is 17.7. The van der Waals surface area contributed by atoms with Crippen LogP contribution in [0.15, 0.2) is 47.8 Å². The van der Waals surface area contributed by atoms with E-state index in [1.807, 2.05) is 28.5 Å². The fraction of sp³-hybridized carbons (Fsp3) is 0.476. The van der Waals surface area contributed by atoms with Gasteiger partial charge < -0.3 is 15.3 Å². The van der Waals surface area contributed by atoms with Gasteiger partial charge >= 0.3 is 0 Å². The van der Waals surface area contributed by atoms with Crippen LogP contribution in [0, 0.1) is 5.92 Å². The van der Waals surface area contributed by atoms with Crippen molar-refractivity contribution in [3.8, 4) is 0 Å². The van der Waals surface area contributed by atoms with E-state index in [-0.39, 0.29) is 12.0 Å². The molecule has 0 spiro atoms. The summed E-state index contributed by atoms with van der Waals surface area (Å²) in [6.45, 7) is 1.62. The number of nitrogens with one attached hydrogen (secondary N) is 1. The van der Waals surface area contributed by atoms with Gasteiger partial charge in [0.05, 0.1) is 11.0 Å². The Hall–Kier alpha value is -1.69. The highest BCUT2D eigenvalue weighted by Gasteiger charge is 2.36. The minimum Gasteiger partial charge on any atom is -0.393 e. The van der Waals surface area contributed by atoms with Crippen molar-refractivity contribution >= 4 is 17.2 Å². The summed E-state index contributed by atoms with van der Waals surface area (Å²) in [5.41, 5.74) is 1.31. The number of nitrogens with zero attached hydrogens (tertiary/aromatic N) is 1. The molecule has 2 aromatic rings. The molecule has 2 fully saturated rings. The van der Waals surface area contributed by atoms with E-state index in [2.05, 4.69) is 29.6 Å². The smallest absolute Gasteiger partial charge is 0.263 e. The number of hydrogen-bond acceptors (Lipinski definition) is 4. The minimum absolute atomic E-state index is 0.140. The number of hydrogen-bond donors (Lipinski definition) is 2. The van der Waals surface area contributed by atoms with Crippen LogP contribution in [-0.4, -0.2) is 41.1 Å². The van der Waals surface area contributed by atoms with Crippen molar-refractivity contribution in [2.24, 2.45) is 5.92 Å². The Kier molecular flexibility index (Phi) is 5.38. The molecule has 0 radical (unpaired) electrons. The molecule has 2 N–H and O–H groups in total. The van der Waals surface area contributed by atoms with Crippen LogP contribution in [-0.2, 0) is 0 Å². The van der Waals surface area contributed by atoms with Gasteiger partial charge in [-0.2, -0.15) is 0 Å². The van der Waals surface area contributed by atoms with Gasteiger partial charge in [0.1, 0.15) is 0 Å². The number of aliphatic hydroxyl groups is 1. The Labute approximate surface area is 158 Å². The summed E-state index contributed by atoms with van der Waals surface area (Å²) in [5, 5.41) is 15.5.